The number of aromatic nitrogens is 3. The van der Waals surface area contributed by atoms with Crippen molar-refractivity contribution in [2.24, 2.45) is 0 Å². The Morgan fingerprint density at radius 3 is 2.81 bits per heavy atom. The highest BCUT2D eigenvalue weighted by Gasteiger charge is 2.15. The van der Waals surface area contributed by atoms with E-state index < -0.39 is 0 Å². The van der Waals surface area contributed by atoms with Crippen molar-refractivity contribution in [3.8, 4) is 10.6 Å². The fourth-order valence-electron chi connectivity index (χ4n) is 3.10. The Labute approximate surface area is 155 Å². The van der Waals surface area contributed by atoms with Gasteiger partial charge in [-0.15, -0.1) is 10.2 Å². The second-order valence-electron chi connectivity index (χ2n) is 6.47. The molecule has 26 heavy (non-hydrogen) atoms. The van der Waals surface area contributed by atoms with Crippen LogP contribution in [0.1, 0.15) is 10.7 Å². The lowest BCUT2D eigenvalue weighted by atomic mass is 10.1. The van der Waals surface area contributed by atoms with Crippen LogP contribution in [0.4, 0.5) is 0 Å². The number of hydrogen-bond acceptors (Lipinski definition) is 7. The van der Waals surface area contributed by atoms with Gasteiger partial charge in [-0.2, -0.15) is 0 Å². The van der Waals surface area contributed by atoms with Crippen LogP contribution in [0.5, 0.6) is 0 Å². The van der Waals surface area contributed by atoms with Gasteiger partial charge < -0.3 is 4.74 Å². The van der Waals surface area contributed by atoms with Crippen molar-refractivity contribution in [2.45, 2.75) is 13.3 Å². The van der Waals surface area contributed by atoms with Crippen LogP contribution in [0.25, 0.3) is 21.3 Å². The average Bonchev–Trinajstić information content (AvgIpc) is 3.08. The van der Waals surface area contributed by atoms with Crippen LogP contribution in [0.3, 0.4) is 0 Å². The van der Waals surface area contributed by atoms with E-state index in [1.807, 2.05) is 31.3 Å². The fourth-order valence-corrected chi connectivity index (χ4v) is 3.78. The molecule has 7 heteroatoms. The highest BCUT2D eigenvalue weighted by atomic mass is 32.1. The number of morpholine rings is 1. The summed E-state index contributed by atoms with van der Waals surface area (Å²) >= 11 is 1.58. The molecule has 3 heterocycles. The van der Waals surface area contributed by atoms with E-state index in [0.717, 1.165) is 45.1 Å². The molecule has 0 aliphatic carbocycles. The van der Waals surface area contributed by atoms with E-state index in [1.165, 1.54) is 0 Å². The van der Waals surface area contributed by atoms with Crippen LogP contribution in [0.2, 0.25) is 0 Å². The summed E-state index contributed by atoms with van der Waals surface area (Å²) in [5.41, 5.74) is 1.85. The van der Waals surface area contributed by atoms with Crippen molar-refractivity contribution in [1.82, 2.24) is 20.1 Å². The Morgan fingerprint density at radius 2 is 2.04 bits per heavy atom. The minimum Gasteiger partial charge on any atom is -0.379 e. The lowest BCUT2D eigenvalue weighted by Crippen LogP contribution is -2.39. The number of fused-ring (bicyclic) bond motifs is 1. The van der Waals surface area contributed by atoms with Crippen molar-refractivity contribution >= 4 is 27.9 Å². The average molecular weight is 368 g/mol. The number of carbonyl (C=O) groups is 1. The van der Waals surface area contributed by atoms with E-state index in [9.17, 15) is 4.79 Å². The van der Waals surface area contributed by atoms with Gasteiger partial charge in [0.25, 0.3) is 0 Å². The lowest BCUT2D eigenvalue weighted by Gasteiger charge is -2.25. The molecule has 4 rings (SSSR count). The van der Waals surface area contributed by atoms with Crippen molar-refractivity contribution in [3.63, 3.8) is 0 Å². The number of carbonyl (C=O) groups excluding carboxylic acids is 1. The van der Waals surface area contributed by atoms with Gasteiger partial charge in [0.1, 0.15) is 10.0 Å². The number of hydrogen-bond donors (Lipinski definition) is 0. The van der Waals surface area contributed by atoms with Crippen LogP contribution in [-0.2, 0) is 16.0 Å². The first-order valence-electron chi connectivity index (χ1n) is 8.68. The maximum absolute atomic E-state index is 12.4. The molecule has 0 radical (unpaired) electrons. The van der Waals surface area contributed by atoms with Gasteiger partial charge in [0.05, 0.1) is 26.2 Å². The third-order valence-corrected chi connectivity index (χ3v) is 5.32. The van der Waals surface area contributed by atoms with E-state index in [-0.39, 0.29) is 5.78 Å². The topological polar surface area (TPSA) is 68.2 Å². The molecular weight excluding hydrogens is 348 g/mol. The summed E-state index contributed by atoms with van der Waals surface area (Å²) in [6.45, 7) is 5.46. The molecule has 134 valence electrons. The van der Waals surface area contributed by atoms with E-state index >= 15 is 0 Å². The predicted octanol–water partition coefficient (Wildman–Crippen LogP) is 2.51. The smallest absolute Gasteiger partial charge is 0.152 e. The molecule has 6 nitrogen and oxygen atoms in total. The zero-order valence-electron chi connectivity index (χ0n) is 14.6. The van der Waals surface area contributed by atoms with Crippen LogP contribution in [0, 0.1) is 6.92 Å². The molecule has 0 bridgehead atoms. The van der Waals surface area contributed by atoms with Crippen LogP contribution in [-0.4, -0.2) is 58.7 Å². The van der Waals surface area contributed by atoms with Crippen molar-refractivity contribution < 1.29 is 9.53 Å². The lowest BCUT2D eigenvalue weighted by molar-refractivity contribution is -0.120. The van der Waals surface area contributed by atoms with Crippen molar-refractivity contribution in [3.05, 3.63) is 41.2 Å². The molecule has 0 unspecified atom stereocenters. The first-order chi connectivity index (χ1) is 12.7. The summed E-state index contributed by atoms with van der Waals surface area (Å²) < 4.78 is 5.32. The van der Waals surface area contributed by atoms with Gasteiger partial charge in [-0.1, -0.05) is 23.5 Å². The van der Waals surface area contributed by atoms with Crippen LogP contribution >= 0.6 is 11.3 Å². The number of nitrogens with zero attached hydrogens (tertiary/aromatic N) is 4. The van der Waals surface area contributed by atoms with E-state index in [2.05, 4.69) is 26.1 Å². The first kappa shape index (κ1) is 17.2. The fraction of sp³-hybridized carbons (Fsp3) is 0.368. The Morgan fingerprint density at radius 1 is 1.19 bits per heavy atom. The zero-order chi connectivity index (χ0) is 17.9. The highest BCUT2D eigenvalue weighted by Crippen LogP contribution is 2.27. The Balaban J connectivity index is 1.51. The summed E-state index contributed by atoms with van der Waals surface area (Å²) in [4.78, 5) is 19.0. The van der Waals surface area contributed by atoms with E-state index in [1.54, 1.807) is 11.3 Å². The van der Waals surface area contributed by atoms with Crippen molar-refractivity contribution in [1.29, 1.82) is 0 Å². The van der Waals surface area contributed by atoms with Gasteiger partial charge in [0.2, 0.25) is 0 Å². The summed E-state index contributed by atoms with van der Waals surface area (Å²) in [5.74, 6) is 0.189. The molecule has 0 spiro atoms. The molecule has 1 aliphatic rings. The Hall–Kier alpha value is -2.22. The summed E-state index contributed by atoms with van der Waals surface area (Å²) in [6.07, 6.45) is 2.19. The maximum Gasteiger partial charge on any atom is 0.152 e. The molecule has 3 aromatic rings. The molecule has 1 aromatic carbocycles. The van der Waals surface area contributed by atoms with Gasteiger partial charge >= 0.3 is 0 Å². The van der Waals surface area contributed by atoms with Gasteiger partial charge in [0.15, 0.2) is 5.78 Å². The second kappa shape index (κ2) is 7.57. The number of ether oxygens (including phenoxy) is 1. The molecule has 1 aliphatic heterocycles. The molecule has 0 saturated carbocycles. The largest absolute Gasteiger partial charge is 0.379 e. The molecule has 0 amide bonds. The SMILES string of the molecule is Cc1nnc(-c2ccc3cnc(CC(=O)CN4CCOCC4)cc3c2)s1. The molecule has 2 aromatic heterocycles. The zero-order valence-corrected chi connectivity index (χ0v) is 15.5. The Kier molecular flexibility index (Phi) is 5.01. The van der Waals surface area contributed by atoms with Gasteiger partial charge in [-0.05, 0) is 24.4 Å². The number of aryl methyl sites for hydroxylation is 1. The number of ketones is 1. The predicted molar refractivity (Wildman–Crippen MR) is 101 cm³/mol. The minimum atomic E-state index is 0.189. The maximum atomic E-state index is 12.4. The minimum absolute atomic E-state index is 0.189. The van der Waals surface area contributed by atoms with Gasteiger partial charge in [-0.3, -0.25) is 14.7 Å². The summed E-state index contributed by atoms with van der Waals surface area (Å²) in [5, 5.41) is 12.3. The normalized spacial score (nSPS) is 15.4. The molecule has 0 atom stereocenters. The third kappa shape index (κ3) is 3.95. The quantitative estimate of drug-likeness (QED) is 0.689. The van der Waals surface area contributed by atoms with Gasteiger partial charge in [0, 0.05) is 35.9 Å². The summed E-state index contributed by atoms with van der Waals surface area (Å²) in [7, 11) is 0. The van der Waals surface area contributed by atoms with E-state index in [0.29, 0.717) is 26.2 Å². The van der Waals surface area contributed by atoms with Crippen molar-refractivity contribution in [2.75, 3.05) is 32.8 Å². The Bertz CT molecular complexity index is 934. The molecule has 1 saturated heterocycles. The van der Waals surface area contributed by atoms with Gasteiger partial charge in [-0.25, -0.2) is 0 Å². The summed E-state index contributed by atoms with van der Waals surface area (Å²) in [6, 6.07) is 8.16. The number of rotatable bonds is 5. The first-order valence-corrected chi connectivity index (χ1v) is 9.50. The molecular formula is C19H20N4O2S. The standard InChI is InChI=1S/C19H20N4O2S/c1-13-21-22-19(26-13)14-2-3-15-11-20-17(9-16(15)8-14)10-18(24)12-23-4-6-25-7-5-23/h2-3,8-9,11H,4-7,10,12H2,1H3. The molecule has 1 fully saturated rings. The van der Waals surface area contributed by atoms with Crippen LogP contribution in [0.15, 0.2) is 30.5 Å². The third-order valence-electron chi connectivity index (χ3n) is 4.43. The van der Waals surface area contributed by atoms with Crippen LogP contribution < -0.4 is 0 Å². The number of benzene rings is 1. The monoisotopic (exact) mass is 368 g/mol. The number of Topliss-reactive ketones (excluding diaryl/α,β-unsaturated/α-hetero) is 1. The second-order valence-corrected chi connectivity index (χ2v) is 7.65. The molecule has 0 N–H and O–H groups in total. The van der Waals surface area contributed by atoms with E-state index in [4.69, 9.17) is 4.74 Å². The highest BCUT2D eigenvalue weighted by molar-refractivity contribution is 7.14. The number of pyridine rings is 1.